The van der Waals surface area contributed by atoms with Crippen LogP contribution >= 0.6 is 0 Å². The summed E-state index contributed by atoms with van der Waals surface area (Å²) in [5, 5.41) is 6.26. The second-order valence-corrected chi connectivity index (χ2v) is 7.13. The summed E-state index contributed by atoms with van der Waals surface area (Å²) >= 11 is 0. The zero-order valence-corrected chi connectivity index (χ0v) is 17.9. The van der Waals surface area contributed by atoms with Crippen molar-refractivity contribution < 1.29 is 14.3 Å². The predicted octanol–water partition coefficient (Wildman–Crippen LogP) is 2.34. The number of rotatable bonds is 7. The predicted molar refractivity (Wildman–Crippen MR) is 118 cm³/mol. The molecule has 0 spiro atoms. The first-order valence-electron chi connectivity index (χ1n) is 10.1. The molecule has 2 aromatic rings. The van der Waals surface area contributed by atoms with Gasteiger partial charge >= 0.3 is 0 Å². The first-order valence-corrected chi connectivity index (χ1v) is 10.1. The Morgan fingerprint density at radius 2 is 1.77 bits per heavy atom. The number of aliphatic imine (C=N–C) groups is 1. The molecule has 160 valence electrons. The van der Waals surface area contributed by atoms with E-state index < -0.39 is 0 Å². The van der Waals surface area contributed by atoms with Crippen LogP contribution in [0.25, 0.3) is 0 Å². The number of ether oxygens (including phenoxy) is 2. The fraction of sp³-hybridized carbons (Fsp3) is 0.391. The molecule has 2 aromatic carbocycles. The lowest BCUT2D eigenvalue weighted by atomic mass is 9.99. The van der Waals surface area contributed by atoms with Crippen molar-refractivity contribution >= 4 is 11.9 Å². The lowest BCUT2D eigenvalue weighted by Gasteiger charge is -2.32. The molecule has 0 saturated heterocycles. The molecule has 0 radical (unpaired) electrons. The molecule has 0 unspecified atom stereocenters. The van der Waals surface area contributed by atoms with Crippen LogP contribution in [-0.4, -0.2) is 51.1 Å². The molecular weight excluding hydrogens is 380 g/mol. The molecule has 7 heteroatoms. The van der Waals surface area contributed by atoms with Crippen LogP contribution < -0.4 is 20.1 Å². The van der Waals surface area contributed by atoms with E-state index in [1.54, 1.807) is 21.3 Å². The van der Waals surface area contributed by atoms with E-state index in [-0.39, 0.29) is 5.91 Å². The smallest absolute Gasteiger partial charge is 0.222 e. The summed E-state index contributed by atoms with van der Waals surface area (Å²) in [5.74, 6) is 2.30. The van der Waals surface area contributed by atoms with Gasteiger partial charge in [-0.1, -0.05) is 30.3 Å². The van der Waals surface area contributed by atoms with E-state index in [2.05, 4.69) is 26.6 Å². The summed E-state index contributed by atoms with van der Waals surface area (Å²) in [6, 6.07) is 14.0. The lowest BCUT2D eigenvalue weighted by Crippen LogP contribution is -2.45. The Bertz CT molecular complexity index is 884. The summed E-state index contributed by atoms with van der Waals surface area (Å²) in [6.07, 6.45) is 1.29. The van der Waals surface area contributed by atoms with Gasteiger partial charge in [-0.15, -0.1) is 0 Å². The maximum absolute atomic E-state index is 12.1. The van der Waals surface area contributed by atoms with Crippen LogP contribution in [0.2, 0.25) is 0 Å². The molecule has 1 aliphatic rings. The van der Waals surface area contributed by atoms with E-state index in [0.717, 1.165) is 42.5 Å². The van der Waals surface area contributed by atoms with Crippen LogP contribution in [-0.2, 0) is 24.3 Å². The monoisotopic (exact) mass is 410 g/mol. The maximum Gasteiger partial charge on any atom is 0.222 e. The van der Waals surface area contributed by atoms with E-state index in [9.17, 15) is 4.79 Å². The number of amides is 1. The van der Waals surface area contributed by atoms with Gasteiger partial charge in [-0.2, -0.15) is 0 Å². The number of benzene rings is 2. The van der Waals surface area contributed by atoms with Crippen LogP contribution in [0.5, 0.6) is 11.5 Å². The van der Waals surface area contributed by atoms with Crippen LogP contribution in [0.4, 0.5) is 0 Å². The molecule has 0 saturated carbocycles. The van der Waals surface area contributed by atoms with Gasteiger partial charge in [0.15, 0.2) is 17.5 Å². The van der Waals surface area contributed by atoms with Gasteiger partial charge in [0.05, 0.1) is 14.2 Å². The molecule has 0 atom stereocenters. The first-order chi connectivity index (χ1) is 14.6. The second kappa shape index (κ2) is 10.5. The largest absolute Gasteiger partial charge is 0.493 e. The summed E-state index contributed by atoms with van der Waals surface area (Å²) < 4.78 is 10.8. The van der Waals surface area contributed by atoms with Gasteiger partial charge in [-0.05, 0) is 35.2 Å². The molecule has 7 nitrogen and oxygen atoms in total. The summed E-state index contributed by atoms with van der Waals surface area (Å²) in [6.45, 7) is 2.66. The molecule has 30 heavy (non-hydrogen) atoms. The number of nitrogens with zero attached hydrogens (tertiary/aromatic N) is 2. The molecule has 2 N–H and O–H groups in total. The third kappa shape index (κ3) is 5.43. The Hall–Kier alpha value is -3.22. The highest BCUT2D eigenvalue weighted by molar-refractivity contribution is 5.81. The highest BCUT2D eigenvalue weighted by Crippen LogP contribution is 2.33. The Balaban J connectivity index is 1.50. The zero-order valence-electron chi connectivity index (χ0n) is 17.9. The third-order valence-corrected chi connectivity index (χ3v) is 5.20. The third-order valence-electron chi connectivity index (χ3n) is 5.20. The zero-order chi connectivity index (χ0) is 21.3. The molecule has 1 heterocycles. The Morgan fingerprint density at radius 3 is 2.43 bits per heavy atom. The van der Waals surface area contributed by atoms with Crippen molar-refractivity contribution in [2.45, 2.75) is 25.9 Å². The van der Waals surface area contributed by atoms with E-state index in [1.165, 1.54) is 11.1 Å². The molecule has 0 aromatic heterocycles. The average Bonchev–Trinajstić information content (AvgIpc) is 2.79. The fourth-order valence-corrected chi connectivity index (χ4v) is 3.57. The van der Waals surface area contributed by atoms with Gasteiger partial charge in [0.25, 0.3) is 0 Å². The second-order valence-electron chi connectivity index (χ2n) is 7.13. The SMILES string of the molecule is CN=C(NCCC(=O)NCc1ccccc1)N1CCc2cc(OC)c(OC)cc2C1. The van der Waals surface area contributed by atoms with Gasteiger partial charge in [0.1, 0.15) is 0 Å². The number of methoxy groups -OCH3 is 2. The summed E-state index contributed by atoms with van der Waals surface area (Å²) in [7, 11) is 5.07. The molecule has 1 aliphatic heterocycles. The minimum Gasteiger partial charge on any atom is -0.493 e. The van der Waals surface area contributed by atoms with Gasteiger partial charge in [-0.25, -0.2) is 0 Å². The molecule has 1 amide bonds. The topological polar surface area (TPSA) is 75.2 Å². The first kappa shape index (κ1) is 21.5. The van der Waals surface area contributed by atoms with Crippen molar-refractivity contribution in [3.05, 3.63) is 59.2 Å². The molecule has 3 rings (SSSR count). The minimum absolute atomic E-state index is 0.0163. The van der Waals surface area contributed by atoms with Crippen molar-refractivity contribution in [1.82, 2.24) is 15.5 Å². The standard InChI is InChI=1S/C23H30N4O3/c1-24-23(25-11-9-22(28)26-15-17-7-5-4-6-8-17)27-12-10-18-13-20(29-2)21(30-3)14-19(18)16-27/h4-8,13-14H,9-12,15-16H2,1-3H3,(H,24,25)(H,26,28). The van der Waals surface area contributed by atoms with Crippen LogP contribution in [0.3, 0.4) is 0 Å². The maximum atomic E-state index is 12.1. The Kier molecular flexibility index (Phi) is 7.54. The van der Waals surface area contributed by atoms with Crippen molar-refractivity contribution in [2.75, 3.05) is 34.4 Å². The van der Waals surface area contributed by atoms with Gasteiger partial charge in [0.2, 0.25) is 5.91 Å². The number of carbonyl (C=O) groups is 1. The van der Waals surface area contributed by atoms with Crippen molar-refractivity contribution in [1.29, 1.82) is 0 Å². The molecular formula is C23H30N4O3. The van der Waals surface area contributed by atoms with E-state index >= 15 is 0 Å². The molecule has 0 bridgehead atoms. The minimum atomic E-state index is 0.0163. The summed E-state index contributed by atoms with van der Waals surface area (Å²) in [5.41, 5.74) is 3.55. The van der Waals surface area contributed by atoms with Crippen LogP contribution in [0.15, 0.2) is 47.5 Å². The number of guanidine groups is 1. The summed E-state index contributed by atoms with van der Waals surface area (Å²) in [4.78, 5) is 18.7. The van der Waals surface area contributed by atoms with Crippen molar-refractivity contribution in [3.63, 3.8) is 0 Å². The van der Waals surface area contributed by atoms with Gasteiger partial charge in [-0.3, -0.25) is 9.79 Å². The van der Waals surface area contributed by atoms with E-state index in [1.807, 2.05) is 36.4 Å². The van der Waals surface area contributed by atoms with E-state index in [4.69, 9.17) is 9.47 Å². The highest BCUT2D eigenvalue weighted by Gasteiger charge is 2.21. The van der Waals surface area contributed by atoms with Gasteiger partial charge < -0.3 is 25.0 Å². The normalized spacial score (nSPS) is 13.4. The van der Waals surface area contributed by atoms with Crippen molar-refractivity contribution in [3.8, 4) is 11.5 Å². The number of fused-ring (bicyclic) bond motifs is 1. The number of hydrogen-bond acceptors (Lipinski definition) is 4. The Morgan fingerprint density at radius 1 is 1.07 bits per heavy atom. The number of hydrogen-bond donors (Lipinski definition) is 2. The quantitative estimate of drug-likeness (QED) is 0.541. The molecule has 0 aliphatic carbocycles. The average molecular weight is 411 g/mol. The number of carbonyl (C=O) groups excluding carboxylic acids is 1. The number of nitrogens with one attached hydrogen (secondary N) is 2. The van der Waals surface area contributed by atoms with Gasteiger partial charge in [0, 0.05) is 39.6 Å². The highest BCUT2D eigenvalue weighted by atomic mass is 16.5. The van der Waals surface area contributed by atoms with Crippen LogP contribution in [0, 0.1) is 0 Å². The Labute approximate surface area is 178 Å². The fourth-order valence-electron chi connectivity index (χ4n) is 3.57. The molecule has 0 fully saturated rings. The van der Waals surface area contributed by atoms with Crippen molar-refractivity contribution in [2.24, 2.45) is 4.99 Å². The van der Waals surface area contributed by atoms with E-state index in [0.29, 0.717) is 19.5 Å². The van der Waals surface area contributed by atoms with Crippen LogP contribution in [0.1, 0.15) is 23.1 Å². The lowest BCUT2D eigenvalue weighted by molar-refractivity contribution is -0.121.